The van der Waals surface area contributed by atoms with E-state index in [-0.39, 0.29) is 10.6 Å². The lowest BCUT2D eigenvalue weighted by molar-refractivity contribution is -0.384. The Morgan fingerprint density at radius 1 is 1.11 bits per heavy atom. The molecule has 19 heavy (non-hydrogen) atoms. The summed E-state index contributed by atoms with van der Waals surface area (Å²) in [7, 11) is 0. The van der Waals surface area contributed by atoms with Crippen molar-refractivity contribution in [2.24, 2.45) is 0 Å². The first-order valence-electron chi connectivity index (χ1n) is 6.55. The molecule has 3 nitrogen and oxygen atoms in total. The quantitative estimate of drug-likeness (QED) is 0.615. The van der Waals surface area contributed by atoms with Gasteiger partial charge in [0.05, 0.1) is 4.92 Å². The van der Waals surface area contributed by atoms with Crippen molar-refractivity contribution >= 4 is 5.69 Å². The summed E-state index contributed by atoms with van der Waals surface area (Å²) in [5, 5.41) is 10.6. The zero-order chi connectivity index (χ0) is 13.2. The van der Waals surface area contributed by atoms with Crippen LogP contribution in [0.5, 0.6) is 0 Å². The monoisotopic (exact) mass is 253 g/mol. The zero-order valence-corrected chi connectivity index (χ0v) is 10.6. The second-order valence-corrected chi connectivity index (χ2v) is 5.06. The molecule has 0 amide bonds. The molecule has 0 saturated carbocycles. The topological polar surface area (TPSA) is 43.1 Å². The minimum atomic E-state index is -0.353. The van der Waals surface area contributed by atoms with Crippen molar-refractivity contribution in [2.75, 3.05) is 0 Å². The van der Waals surface area contributed by atoms with Crippen LogP contribution in [0.15, 0.2) is 48.5 Å². The van der Waals surface area contributed by atoms with Crippen molar-refractivity contribution in [1.82, 2.24) is 0 Å². The van der Waals surface area contributed by atoms with E-state index in [4.69, 9.17) is 0 Å². The van der Waals surface area contributed by atoms with Gasteiger partial charge in [-0.3, -0.25) is 10.1 Å². The number of rotatable bonds is 3. The van der Waals surface area contributed by atoms with E-state index in [9.17, 15) is 10.1 Å². The lowest BCUT2D eigenvalue weighted by Gasteiger charge is -2.11. The summed E-state index contributed by atoms with van der Waals surface area (Å²) < 4.78 is 0. The lowest BCUT2D eigenvalue weighted by atomic mass is 9.93. The third-order valence-corrected chi connectivity index (χ3v) is 3.89. The summed E-state index contributed by atoms with van der Waals surface area (Å²) in [4.78, 5) is 10.3. The molecule has 0 bridgehead atoms. The first-order valence-corrected chi connectivity index (χ1v) is 6.55. The fourth-order valence-electron chi connectivity index (χ4n) is 2.90. The Bertz CT molecular complexity index is 604. The number of non-ortho nitro benzene ring substituents is 1. The highest BCUT2D eigenvalue weighted by Crippen LogP contribution is 2.35. The van der Waals surface area contributed by atoms with Crippen LogP contribution in [-0.4, -0.2) is 4.92 Å². The molecule has 0 radical (unpaired) electrons. The molecule has 0 saturated heterocycles. The van der Waals surface area contributed by atoms with E-state index in [1.165, 1.54) is 23.1 Å². The summed E-state index contributed by atoms with van der Waals surface area (Å²) in [6.45, 7) is 0. The van der Waals surface area contributed by atoms with Crippen LogP contribution in [0.2, 0.25) is 0 Å². The molecular formula is C16H15NO2. The minimum absolute atomic E-state index is 0.163. The smallest absolute Gasteiger partial charge is 0.258 e. The standard InChI is InChI=1S/C16H15NO2/c18-17(19)15-9-5-12(6-10-15)11-14-8-7-13-3-1-2-4-16(13)14/h1-6,9-10,14H,7-8,11H2. The van der Waals surface area contributed by atoms with Crippen molar-refractivity contribution in [3.8, 4) is 0 Å². The number of benzene rings is 2. The molecule has 1 atom stereocenters. The van der Waals surface area contributed by atoms with E-state index in [1.807, 2.05) is 12.1 Å². The predicted octanol–water partition coefficient (Wildman–Crippen LogP) is 3.87. The van der Waals surface area contributed by atoms with Gasteiger partial charge in [-0.25, -0.2) is 0 Å². The van der Waals surface area contributed by atoms with Gasteiger partial charge in [-0.1, -0.05) is 36.4 Å². The van der Waals surface area contributed by atoms with Crippen LogP contribution in [-0.2, 0) is 12.8 Å². The number of aryl methyl sites for hydroxylation is 1. The number of hydrogen-bond donors (Lipinski definition) is 0. The van der Waals surface area contributed by atoms with E-state index in [2.05, 4.69) is 24.3 Å². The zero-order valence-electron chi connectivity index (χ0n) is 10.6. The third kappa shape index (κ3) is 2.36. The van der Waals surface area contributed by atoms with Gasteiger partial charge in [-0.05, 0) is 41.9 Å². The largest absolute Gasteiger partial charge is 0.269 e. The second kappa shape index (κ2) is 4.84. The molecule has 2 aromatic rings. The van der Waals surface area contributed by atoms with Crippen LogP contribution in [0.25, 0.3) is 0 Å². The first-order chi connectivity index (χ1) is 9.24. The highest BCUT2D eigenvalue weighted by Gasteiger charge is 2.22. The number of nitro benzene ring substituents is 1. The average molecular weight is 253 g/mol. The van der Waals surface area contributed by atoms with Gasteiger partial charge in [0.25, 0.3) is 5.69 Å². The van der Waals surface area contributed by atoms with E-state index in [0.717, 1.165) is 12.8 Å². The molecule has 3 heteroatoms. The van der Waals surface area contributed by atoms with Crippen LogP contribution >= 0.6 is 0 Å². The molecule has 0 aromatic heterocycles. The van der Waals surface area contributed by atoms with Crippen LogP contribution in [0.3, 0.4) is 0 Å². The summed E-state index contributed by atoms with van der Waals surface area (Å²) >= 11 is 0. The molecule has 0 spiro atoms. The van der Waals surface area contributed by atoms with E-state index >= 15 is 0 Å². The number of nitro groups is 1. The maximum absolute atomic E-state index is 10.6. The van der Waals surface area contributed by atoms with Gasteiger partial charge in [0.1, 0.15) is 0 Å². The molecule has 1 unspecified atom stereocenters. The Kier molecular flexibility index (Phi) is 3.03. The molecule has 1 aliphatic rings. The molecule has 0 N–H and O–H groups in total. The fourth-order valence-corrected chi connectivity index (χ4v) is 2.90. The SMILES string of the molecule is O=[N+]([O-])c1ccc(CC2CCc3ccccc32)cc1. The fraction of sp³-hybridized carbons (Fsp3) is 0.250. The van der Waals surface area contributed by atoms with Gasteiger partial charge in [-0.2, -0.15) is 0 Å². The van der Waals surface area contributed by atoms with Gasteiger partial charge in [0.2, 0.25) is 0 Å². The minimum Gasteiger partial charge on any atom is -0.258 e. The van der Waals surface area contributed by atoms with Crippen LogP contribution in [0.4, 0.5) is 5.69 Å². The molecule has 96 valence electrons. The Morgan fingerprint density at radius 2 is 1.84 bits per heavy atom. The van der Waals surface area contributed by atoms with E-state index < -0.39 is 0 Å². The molecular weight excluding hydrogens is 238 g/mol. The van der Waals surface area contributed by atoms with Gasteiger partial charge in [-0.15, -0.1) is 0 Å². The Morgan fingerprint density at radius 3 is 2.58 bits per heavy atom. The summed E-state index contributed by atoms with van der Waals surface area (Å²) in [5.74, 6) is 0.553. The van der Waals surface area contributed by atoms with Crippen molar-refractivity contribution in [1.29, 1.82) is 0 Å². The summed E-state index contributed by atoms with van der Waals surface area (Å²) in [6, 6.07) is 15.5. The first kappa shape index (κ1) is 11.9. The molecule has 2 aromatic carbocycles. The lowest BCUT2D eigenvalue weighted by Crippen LogP contribution is -1.98. The van der Waals surface area contributed by atoms with E-state index in [0.29, 0.717) is 5.92 Å². The maximum atomic E-state index is 10.6. The molecule has 1 aliphatic carbocycles. The summed E-state index contributed by atoms with van der Waals surface area (Å²) in [6.07, 6.45) is 3.29. The van der Waals surface area contributed by atoms with Crippen molar-refractivity contribution in [3.05, 3.63) is 75.3 Å². The molecule has 3 rings (SSSR count). The predicted molar refractivity (Wildman–Crippen MR) is 74.3 cm³/mol. The van der Waals surface area contributed by atoms with E-state index in [1.54, 1.807) is 12.1 Å². The van der Waals surface area contributed by atoms with Crippen molar-refractivity contribution < 1.29 is 4.92 Å². The summed E-state index contributed by atoms with van der Waals surface area (Å²) in [5.41, 5.74) is 4.23. The van der Waals surface area contributed by atoms with Crippen LogP contribution < -0.4 is 0 Å². The number of fused-ring (bicyclic) bond motifs is 1. The second-order valence-electron chi connectivity index (χ2n) is 5.06. The van der Waals surface area contributed by atoms with Crippen molar-refractivity contribution in [3.63, 3.8) is 0 Å². The van der Waals surface area contributed by atoms with Crippen molar-refractivity contribution in [2.45, 2.75) is 25.2 Å². The van der Waals surface area contributed by atoms with Crippen LogP contribution in [0, 0.1) is 10.1 Å². The average Bonchev–Trinajstić information content (AvgIpc) is 2.83. The normalized spacial score (nSPS) is 17.2. The van der Waals surface area contributed by atoms with Gasteiger partial charge in [0, 0.05) is 12.1 Å². The number of nitrogens with zero attached hydrogens (tertiary/aromatic N) is 1. The Hall–Kier alpha value is -2.16. The third-order valence-electron chi connectivity index (χ3n) is 3.89. The maximum Gasteiger partial charge on any atom is 0.269 e. The number of hydrogen-bond acceptors (Lipinski definition) is 2. The molecule has 0 aliphatic heterocycles. The molecule has 0 heterocycles. The van der Waals surface area contributed by atoms with Gasteiger partial charge in [0.15, 0.2) is 0 Å². The highest BCUT2D eigenvalue weighted by atomic mass is 16.6. The Labute approximate surface area is 112 Å². The Balaban J connectivity index is 1.78. The van der Waals surface area contributed by atoms with Crippen LogP contribution in [0.1, 0.15) is 29.0 Å². The van der Waals surface area contributed by atoms with Gasteiger partial charge >= 0.3 is 0 Å². The van der Waals surface area contributed by atoms with Gasteiger partial charge < -0.3 is 0 Å². The highest BCUT2D eigenvalue weighted by molar-refractivity contribution is 5.38. The molecule has 0 fully saturated rings.